The summed E-state index contributed by atoms with van der Waals surface area (Å²) in [5, 5.41) is 29.5. The van der Waals surface area contributed by atoms with Gasteiger partial charge in [0.1, 0.15) is 6.04 Å². The largest absolute Gasteiger partial charge is 0.480 e. The maximum atomic E-state index is 12.2. The van der Waals surface area contributed by atoms with Crippen LogP contribution in [0.25, 0.3) is 0 Å². The number of hydrogen-bond acceptors (Lipinski definition) is 7. The number of amides is 1. The molecule has 0 aliphatic rings. The zero-order chi connectivity index (χ0) is 20.3. The minimum absolute atomic E-state index is 0.130. The molecule has 2 atom stereocenters. The first-order chi connectivity index (χ1) is 12.0. The highest BCUT2D eigenvalue weighted by Gasteiger charge is 2.32. The Morgan fingerprint density at radius 3 is 2.04 bits per heavy atom. The van der Waals surface area contributed by atoms with Crippen LogP contribution < -0.4 is 5.32 Å². The quantitative estimate of drug-likeness (QED) is 0.175. The van der Waals surface area contributed by atoms with Crippen molar-refractivity contribution in [2.24, 2.45) is 0 Å². The van der Waals surface area contributed by atoms with Crippen molar-refractivity contribution in [3.8, 4) is 0 Å². The smallest absolute Gasteiger partial charge is 0.317 e. The number of carbonyl (C=O) groups is 3. The molecular formula is C14H26N2O9S. The molecular weight excluding hydrogens is 372 g/mol. The summed E-state index contributed by atoms with van der Waals surface area (Å²) in [6.45, 7) is 0.183. The van der Waals surface area contributed by atoms with E-state index in [0.29, 0.717) is 30.6 Å². The monoisotopic (exact) mass is 398 g/mol. The van der Waals surface area contributed by atoms with Crippen molar-refractivity contribution >= 4 is 28.0 Å². The highest BCUT2D eigenvalue weighted by molar-refractivity contribution is 7.85. The molecule has 0 spiro atoms. The number of nitrogens with zero attached hydrogens (tertiary/aromatic N) is 1. The lowest BCUT2D eigenvalue weighted by Gasteiger charge is -2.27. The summed E-state index contributed by atoms with van der Waals surface area (Å²) < 4.78 is 31.3. The Morgan fingerprint density at radius 1 is 1.08 bits per heavy atom. The van der Waals surface area contributed by atoms with Crippen molar-refractivity contribution in [3.05, 3.63) is 0 Å². The summed E-state index contributed by atoms with van der Waals surface area (Å²) >= 11 is 0. The molecule has 0 saturated heterocycles. The van der Waals surface area contributed by atoms with E-state index in [1.165, 1.54) is 0 Å². The van der Waals surface area contributed by atoms with Gasteiger partial charge in [0, 0.05) is 6.54 Å². The van der Waals surface area contributed by atoms with E-state index >= 15 is 0 Å². The maximum Gasteiger partial charge on any atom is 0.317 e. The van der Waals surface area contributed by atoms with E-state index in [1.54, 1.807) is 0 Å². The molecule has 152 valence electrons. The number of aliphatic carboxylic acids is 2. The Kier molecular flexibility index (Phi) is 11.0. The average Bonchev–Trinajstić information content (AvgIpc) is 2.49. The van der Waals surface area contributed by atoms with E-state index in [9.17, 15) is 27.9 Å². The molecule has 0 aromatic rings. The number of carbonyl (C=O) groups excluding carboxylic acids is 1. The van der Waals surface area contributed by atoms with E-state index in [1.807, 2.05) is 6.92 Å². The Hall–Kier alpha value is -1.76. The molecule has 0 aliphatic carbocycles. The van der Waals surface area contributed by atoms with Crippen LogP contribution in [0.1, 0.15) is 32.6 Å². The predicted octanol–water partition coefficient (Wildman–Crippen LogP) is -1.23. The van der Waals surface area contributed by atoms with Gasteiger partial charge in [0.2, 0.25) is 5.91 Å². The third kappa shape index (κ3) is 11.7. The Labute approximate surface area is 151 Å². The number of carboxylic acids is 2. The summed E-state index contributed by atoms with van der Waals surface area (Å²) in [5.41, 5.74) is 0. The molecule has 1 amide bonds. The zero-order valence-electron chi connectivity index (χ0n) is 14.5. The molecule has 0 aromatic heterocycles. The summed E-state index contributed by atoms with van der Waals surface area (Å²) in [7, 11) is -4.66. The molecule has 0 saturated carbocycles. The third-order valence-corrected chi connectivity index (χ3v) is 4.26. The summed E-state index contributed by atoms with van der Waals surface area (Å²) in [4.78, 5) is 34.6. The molecule has 0 fully saturated rings. The molecule has 0 aliphatic heterocycles. The second kappa shape index (κ2) is 11.8. The fourth-order valence-electron chi connectivity index (χ4n) is 2.21. The van der Waals surface area contributed by atoms with Crippen molar-refractivity contribution in [2.45, 2.75) is 44.8 Å². The topological polar surface area (TPSA) is 182 Å². The predicted molar refractivity (Wildman–Crippen MR) is 90.2 cm³/mol. The molecule has 0 rings (SSSR count). The lowest BCUT2D eigenvalue weighted by atomic mass is 10.1. The minimum atomic E-state index is -4.66. The lowest BCUT2D eigenvalue weighted by molar-refractivity contribution is -0.143. The van der Waals surface area contributed by atoms with Gasteiger partial charge in [-0.1, -0.05) is 6.92 Å². The van der Waals surface area contributed by atoms with Crippen LogP contribution in [0.15, 0.2) is 0 Å². The minimum Gasteiger partial charge on any atom is -0.480 e. The van der Waals surface area contributed by atoms with Crippen LogP contribution in [0, 0.1) is 0 Å². The van der Waals surface area contributed by atoms with Crippen molar-refractivity contribution < 1.29 is 42.7 Å². The van der Waals surface area contributed by atoms with Crippen LogP contribution in [0.5, 0.6) is 0 Å². The zero-order valence-corrected chi connectivity index (χ0v) is 15.3. The van der Waals surface area contributed by atoms with E-state index in [4.69, 9.17) is 14.8 Å². The van der Waals surface area contributed by atoms with E-state index < -0.39 is 59.0 Å². The normalized spacial score (nSPS) is 14.0. The van der Waals surface area contributed by atoms with Crippen LogP contribution in [0.2, 0.25) is 0 Å². The van der Waals surface area contributed by atoms with Gasteiger partial charge in [0.05, 0.1) is 24.9 Å². The molecule has 0 heterocycles. The van der Waals surface area contributed by atoms with Gasteiger partial charge < -0.3 is 20.6 Å². The number of aliphatic hydroxyl groups excluding tert-OH is 1. The second-order valence-corrected chi connectivity index (χ2v) is 7.30. The number of hydrogen-bond donors (Lipinski definition) is 5. The number of aliphatic hydroxyl groups is 1. The molecule has 12 heteroatoms. The lowest BCUT2D eigenvalue weighted by Crippen LogP contribution is -2.53. The third-order valence-electron chi connectivity index (χ3n) is 3.52. The van der Waals surface area contributed by atoms with Crippen LogP contribution in [-0.4, -0.2) is 88.6 Å². The molecule has 5 N–H and O–H groups in total. The summed E-state index contributed by atoms with van der Waals surface area (Å²) in [6, 6.07) is -1.67. The van der Waals surface area contributed by atoms with Gasteiger partial charge >= 0.3 is 11.9 Å². The number of unbranched alkanes of at least 4 members (excludes halogenated alkanes) is 1. The molecule has 0 aromatic carbocycles. The maximum absolute atomic E-state index is 12.2. The van der Waals surface area contributed by atoms with Gasteiger partial charge in [-0.05, 0) is 25.7 Å². The summed E-state index contributed by atoms with van der Waals surface area (Å²) in [5.74, 6) is -4.93. The highest BCUT2D eigenvalue weighted by atomic mass is 32.2. The Morgan fingerprint density at radius 2 is 1.62 bits per heavy atom. The van der Waals surface area contributed by atoms with Gasteiger partial charge in [-0.3, -0.25) is 23.8 Å². The number of nitrogens with one attached hydrogen (secondary N) is 1. The van der Waals surface area contributed by atoms with E-state index in [-0.39, 0.29) is 6.54 Å². The first-order valence-electron chi connectivity index (χ1n) is 8.04. The SMILES string of the molecule is CCC(O)CCCCNC(=O)C(CS(=O)(=O)O)N(CC(=O)O)CC(=O)O. The van der Waals surface area contributed by atoms with Crippen molar-refractivity contribution in [1.82, 2.24) is 10.2 Å². The fraction of sp³-hybridized carbons (Fsp3) is 0.786. The number of rotatable bonds is 14. The molecule has 26 heavy (non-hydrogen) atoms. The standard InChI is InChI=1S/C14H26N2O9S/c1-2-10(17)5-3-4-6-15-14(22)11(9-26(23,24)25)16(7-12(18)19)8-13(20)21/h10-11,17H,2-9H2,1H3,(H,15,22)(H,18,19)(H,20,21)(H,23,24,25). The van der Waals surface area contributed by atoms with Crippen molar-refractivity contribution in [3.63, 3.8) is 0 Å². The molecule has 11 nitrogen and oxygen atoms in total. The van der Waals surface area contributed by atoms with Gasteiger partial charge in [-0.25, -0.2) is 0 Å². The number of carboxylic acid groups (broad SMARTS) is 2. The van der Waals surface area contributed by atoms with Crippen LogP contribution >= 0.6 is 0 Å². The van der Waals surface area contributed by atoms with Crippen LogP contribution in [-0.2, 0) is 24.5 Å². The van der Waals surface area contributed by atoms with Crippen LogP contribution in [0.3, 0.4) is 0 Å². The second-order valence-electron chi connectivity index (χ2n) is 5.81. The molecule has 0 radical (unpaired) electrons. The van der Waals surface area contributed by atoms with Gasteiger partial charge in [-0.2, -0.15) is 8.42 Å². The van der Waals surface area contributed by atoms with E-state index in [0.717, 1.165) is 0 Å². The van der Waals surface area contributed by atoms with E-state index in [2.05, 4.69) is 5.32 Å². The first-order valence-corrected chi connectivity index (χ1v) is 9.65. The van der Waals surface area contributed by atoms with Gasteiger partial charge in [0.25, 0.3) is 10.1 Å². The van der Waals surface area contributed by atoms with Gasteiger partial charge in [-0.15, -0.1) is 0 Å². The average molecular weight is 398 g/mol. The first kappa shape index (κ1) is 24.2. The molecule has 2 unspecified atom stereocenters. The fourth-order valence-corrected chi connectivity index (χ4v) is 2.97. The Balaban J connectivity index is 4.94. The van der Waals surface area contributed by atoms with Crippen LogP contribution in [0.4, 0.5) is 0 Å². The van der Waals surface area contributed by atoms with Crippen molar-refractivity contribution in [1.29, 1.82) is 0 Å². The highest BCUT2D eigenvalue weighted by Crippen LogP contribution is 2.06. The Bertz CT molecular complexity index is 563. The van der Waals surface area contributed by atoms with Crippen molar-refractivity contribution in [2.75, 3.05) is 25.4 Å². The molecule has 0 bridgehead atoms. The summed E-state index contributed by atoms with van der Waals surface area (Å²) in [6.07, 6.45) is 1.78. The van der Waals surface area contributed by atoms with Gasteiger partial charge in [0.15, 0.2) is 0 Å².